The van der Waals surface area contributed by atoms with Crippen LogP contribution in [0.1, 0.15) is 35.7 Å². The van der Waals surface area contributed by atoms with Crippen LogP contribution in [-0.2, 0) is 6.42 Å². The van der Waals surface area contributed by atoms with E-state index in [2.05, 4.69) is 34.1 Å². The molecule has 0 N–H and O–H groups in total. The number of pyridine rings is 1. The molecule has 1 aliphatic heterocycles. The van der Waals surface area contributed by atoms with E-state index in [1.54, 1.807) is 6.20 Å². The van der Waals surface area contributed by atoms with Gasteiger partial charge in [0.05, 0.1) is 0 Å². The van der Waals surface area contributed by atoms with Crippen LogP contribution >= 0.6 is 0 Å². The van der Waals surface area contributed by atoms with Crippen molar-refractivity contribution < 1.29 is 4.79 Å². The first kappa shape index (κ1) is 12.9. The molecule has 102 valence electrons. The first-order valence-corrected chi connectivity index (χ1v) is 7.14. The number of hydrogen-bond donors (Lipinski definition) is 0. The van der Waals surface area contributed by atoms with Crippen LogP contribution in [0.25, 0.3) is 0 Å². The minimum atomic E-state index is 0.142. The summed E-state index contributed by atoms with van der Waals surface area (Å²) in [6.45, 7) is 2.85. The van der Waals surface area contributed by atoms with E-state index in [0.29, 0.717) is 12.0 Å². The van der Waals surface area contributed by atoms with E-state index in [1.165, 1.54) is 11.3 Å². The molecule has 0 unspecified atom stereocenters. The number of para-hydroxylation sites is 1. The number of anilines is 2. The molecule has 1 aromatic heterocycles. The van der Waals surface area contributed by atoms with Crippen LogP contribution in [0.2, 0.25) is 0 Å². The van der Waals surface area contributed by atoms with Crippen molar-refractivity contribution in [2.75, 3.05) is 11.4 Å². The summed E-state index contributed by atoms with van der Waals surface area (Å²) in [4.78, 5) is 18.4. The lowest BCUT2D eigenvalue weighted by molar-refractivity contribution is 0.0988. The van der Waals surface area contributed by atoms with Gasteiger partial charge in [0.15, 0.2) is 5.78 Å². The third kappa shape index (κ3) is 2.31. The minimum Gasteiger partial charge on any atom is -0.326 e. The third-order valence-corrected chi connectivity index (χ3v) is 3.78. The van der Waals surface area contributed by atoms with Crippen molar-refractivity contribution in [2.45, 2.75) is 26.2 Å². The Hall–Kier alpha value is -2.16. The van der Waals surface area contributed by atoms with Gasteiger partial charge in [-0.25, -0.2) is 4.98 Å². The van der Waals surface area contributed by atoms with Crippen molar-refractivity contribution in [3.8, 4) is 0 Å². The number of aromatic nitrogens is 1. The van der Waals surface area contributed by atoms with Crippen molar-refractivity contribution in [3.63, 3.8) is 0 Å². The third-order valence-electron chi connectivity index (χ3n) is 3.78. The molecule has 0 radical (unpaired) electrons. The minimum absolute atomic E-state index is 0.142. The second-order valence-electron chi connectivity index (χ2n) is 5.07. The summed E-state index contributed by atoms with van der Waals surface area (Å²) < 4.78 is 0. The average Bonchev–Trinajstić information content (AvgIpc) is 2.54. The summed E-state index contributed by atoms with van der Waals surface area (Å²) in [5.41, 5.74) is 3.30. The summed E-state index contributed by atoms with van der Waals surface area (Å²) in [5.74, 6) is 1.06. The molecular weight excluding hydrogens is 248 g/mol. The molecular formula is C17H18N2O. The van der Waals surface area contributed by atoms with Crippen LogP contribution in [-0.4, -0.2) is 17.3 Å². The standard InChI is InChI=1S/C17H18N2O/c1-2-16(20)14-9-10-17(18-12-14)19-11-5-7-13-6-3-4-8-15(13)19/h3-4,6,8-10,12H,2,5,7,11H2,1H3. The zero-order valence-electron chi connectivity index (χ0n) is 11.7. The van der Waals surface area contributed by atoms with E-state index in [1.807, 2.05) is 19.1 Å². The lowest BCUT2D eigenvalue weighted by atomic mass is 10.0. The number of carbonyl (C=O) groups excluding carboxylic acids is 1. The molecule has 1 aromatic carbocycles. The van der Waals surface area contributed by atoms with Gasteiger partial charge in [-0.15, -0.1) is 0 Å². The van der Waals surface area contributed by atoms with Gasteiger partial charge in [0.2, 0.25) is 0 Å². The fourth-order valence-corrected chi connectivity index (χ4v) is 2.69. The molecule has 0 amide bonds. The number of nitrogens with zero attached hydrogens (tertiary/aromatic N) is 2. The second-order valence-corrected chi connectivity index (χ2v) is 5.07. The highest BCUT2D eigenvalue weighted by molar-refractivity contribution is 5.95. The van der Waals surface area contributed by atoms with Gasteiger partial charge < -0.3 is 4.90 Å². The molecule has 0 saturated carbocycles. The lowest BCUT2D eigenvalue weighted by Gasteiger charge is -2.30. The maximum absolute atomic E-state index is 11.6. The average molecular weight is 266 g/mol. The zero-order valence-corrected chi connectivity index (χ0v) is 11.7. The van der Waals surface area contributed by atoms with E-state index in [9.17, 15) is 4.79 Å². The second kappa shape index (κ2) is 5.45. The maximum atomic E-state index is 11.6. The van der Waals surface area contributed by atoms with Gasteiger partial charge in [-0.1, -0.05) is 25.1 Å². The molecule has 0 atom stereocenters. The molecule has 1 aliphatic rings. The van der Waals surface area contributed by atoms with E-state index in [4.69, 9.17) is 0 Å². The molecule has 3 heteroatoms. The highest BCUT2D eigenvalue weighted by Gasteiger charge is 2.18. The van der Waals surface area contributed by atoms with Crippen molar-refractivity contribution in [1.29, 1.82) is 0 Å². The Labute approximate surface area is 119 Å². The van der Waals surface area contributed by atoms with Crippen molar-refractivity contribution in [1.82, 2.24) is 4.98 Å². The Bertz CT molecular complexity index is 619. The van der Waals surface area contributed by atoms with Gasteiger partial charge in [0, 0.05) is 30.4 Å². The summed E-state index contributed by atoms with van der Waals surface area (Å²) in [7, 11) is 0. The number of Topliss-reactive ketones (excluding diaryl/α,β-unsaturated/α-hetero) is 1. The Balaban J connectivity index is 1.92. The van der Waals surface area contributed by atoms with Gasteiger partial charge in [-0.05, 0) is 36.6 Å². The first-order chi connectivity index (χ1) is 9.79. The van der Waals surface area contributed by atoms with Crippen LogP contribution in [0.5, 0.6) is 0 Å². The van der Waals surface area contributed by atoms with Gasteiger partial charge in [0.1, 0.15) is 5.82 Å². The van der Waals surface area contributed by atoms with E-state index in [0.717, 1.165) is 25.2 Å². The lowest BCUT2D eigenvalue weighted by Crippen LogP contribution is -2.25. The predicted molar refractivity (Wildman–Crippen MR) is 80.6 cm³/mol. The molecule has 0 fully saturated rings. The van der Waals surface area contributed by atoms with Crippen LogP contribution < -0.4 is 4.90 Å². The first-order valence-electron chi connectivity index (χ1n) is 7.14. The summed E-state index contributed by atoms with van der Waals surface area (Å²) in [6.07, 6.45) is 4.47. The largest absolute Gasteiger partial charge is 0.326 e. The van der Waals surface area contributed by atoms with E-state index >= 15 is 0 Å². The Morgan fingerprint density at radius 2 is 2.10 bits per heavy atom. The monoisotopic (exact) mass is 266 g/mol. The van der Waals surface area contributed by atoms with E-state index < -0.39 is 0 Å². The summed E-state index contributed by atoms with van der Waals surface area (Å²) in [5, 5.41) is 0. The molecule has 2 heterocycles. The quantitative estimate of drug-likeness (QED) is 0.793. The Morgan fingerprint density at radius 1 is 1.25 bits per heavy atom. The Kier molecular flexibility index (Phi) is 3.50. The van der Waals surface area contributed by atoms with Gasteiger partial charge in [0.25, 0.3) is 0 Å². The van der Waals surface area contributed by atoms with Crippen LogP contribution in [0.3, 0.4) is 0 Å². The van der Waals surface area contributed by atoms with Crippen LogP contribution in [0, 0.1) is 0 Å². The number of ketones is 1. The predicted octanol–water partition coefficient (Wildman–Crippen LogP) is 3.76. The topological polar surface area (TPSA) is 33.2 Å². The molecule has 0 bridgehead atoms. The summed E-state index contributed by atoms with van der Waals surface area (Å²) in [6, 6.07) is 12.3. The zero-order chi connectivity index (χ0) is 13.9. The summed E-state index contributed by atoms with van der Waals surface area (Å²) >= 11 is 0. The van der Waals surface area contributed by atoms with Crippen molar-refractivity contribution in [3.05, 3.63) is 53.7 Å². The number of carbonyl (C=O) groups is 1. The molecule has 3 nitrogen and oxygen atoms in total. The highest BCUT2D eigenvalue weighted by Crippen LogP contribution is 2.32. The van der Waals surface area contributed by atoms with Crippen LogP contribution in [0.15, 0.2) is 42.6 Å². The fourth-order valence-electron chi connectivity index (χ4n) is 2.69. The molecule has 0 saturated heterocycles. The van der Waals surface area contributed by atoms with Gasteiger partial charge in [-0.2, -0.15) is 0 Å². The fraction of sp³-hybridized carbons (Fsp3) is 0.294. The highest BCUT2D eigenvalue weighted by atomic mass is 16.1. The number of fused-ring (bicyclic) bond motifs is 1. The van der Waals surface area contributed by atoms with E-state index in [-0.39, 0.29) is 5.78 Å². The van der Waals surface area contributed by atoms with Gasteiger partial charge >= 0.3 is 0 Å². The SMILES string of the molecule is CCC(=O)c1ccc(N2CCCc3ccccc32)nc1. The van der Waals surface area contributed by atoms with Crippen molar-refractivity contribution in [2.24, 2.45) is 0 Å². The number of benzene rings is 1. The molecule has 3 rings (SSSR count). The number of rotatable bonds is 3. The number of aryl methyl sites for hydroxylation is 1. The van der Waals surface area contributed by atoms with Crippen molar-refractivity contribution >= 4 is 17.3 Å². The molecule has 2 aromatic rings. The smallest absolute Gasteiger partial charge is 0.164 e. The molecule has 20 heavy (non-hydrogen) atoms. The number of hydrogen-bond acceptors (Lipinski definition) is 3. The molecule has 0 aliphatic carbocycles. The Morgan fingerprint density at radius 3 is 2.85 bits per heavy atom. The maximum Gasteiger partial charge on any atom is 0.164 e. The van der Waals surface area contributed by atoms with Gasteiger partial charge in [-0.3, -0.25) is 4.79 Å². The molecule has 0 spiro atoms. The van der Waals surface area contributed by atoms with Crippen LogP contribution in [0.4, 0.5) is 11.5 Å². The normalized spacial score (nSPS) is 13.9.